The molecule has 2 atom stereocenters. The van der Waals surface area contributed by atoms with E-state index in [-0.39, 0.29) is 42.3 Å². The molecule has 28 heavy (non-hydrogen) atoms. The number of hydrogen-bond acceptors (Lipinski definition) is 4. The molecule has 1 saturated heterocycles. The standard InChI is InChI=1S/C21H33FN4O2/c1-2-3-4-11-24-19(28)20-5-8-21(9-6-20,10-7-20)25-14-18(27)26-15-16(22)12-17(26)13-23/h16-17,25H,2-12,14-15H2,1H3,(H,24,28)/t16-,17-,20?,21?/m0/s1. The zero-order chi connectivity index (χ0) is 20.2. The Morgan fingerprint density at radius 3 is 2.46 bits per heavy atom. The van der Waals surface area contributed by atoms with Crippen LogP contribution < -0.4 is 10.6 Å². The van der Waals surface area contributed by atoms with Gasteiger partial charge < -0.3 is 15.5 Å². The minimum absolute atomic E-state index is 0.0209. The molecule has 4 rings (SSSR count). The second kappa shape index (κ2) is 8.77. The van der Waals surface area contributed by atoms with Gasteiger partial charge in [-0.15, -0.1) is 0 Å². The highest BCUT2D eigenvalue weighted by molar-refractivity contribution is 5.83. The number of nitrogens with one attached hydrogen (secondary N) is 2. The van der Waals surface area contributed by atoms with Gasteiger partial charge in [-0.3, -0.25) is 9.59 Å². The van der Waals surface area contributed by atoms with Crippen molar-refractivity contribution in [2.45, 2.75) is 88.9 Å². The fourth-order valence-corrected chi connectivity index (χ4v) is 5.10. The molecular formula is C21H33FN4O2. The zero-order valence-corrected chi connectivity index (χ0v) is 16.9. The molecule has 4 aliphatic rings. The average molecular weight is 393 g/mol. The number of carbonyl (C=O) groups is 2. The molecule has 2 bridgehead atoms. The second-order valence-electron chi connectivity index (χ2n) is 8.90. The number of halogens is 1. The lowest BCUT2D eigenvalue weighted by Gasteiger charge is -2.53. The molecule has 0 aromatic carbocycles. The quantitative estimate of drug-likeness (QED) is 0.622. The summed E-state index contributed by atoms with van der Waals surface area (Å²) in [6.07, 6.45) is 7.54. The molecule has 3 saturated carbocycles. The van der Waals surface area contributed by atoms with E-state index < -0.39 is 12.2 Å². The first-order chi connectivity index (χ1) is 13.4. The summed E-state index contributed by atoms with van der Waals surface area (Å²) in [5, 5.41) is 15.7. The van der Waals surface area contributed by atoms with Crippen molar-refractivity contribution in [2.75, 3.05) is 19.6 Å². The Kier molecular flexibility index (Phi) is 6.59. The van der Waals surface area contributed by atoms with Crippen LogP contribution in [0.25, 0.3) is 0 Å². The lowest BCUT2D eigenvalue weighted by Crippen LogP contribution is -2.60. The van der Waals surface area contributed by atoms with Crippen molar-refractivity contribution in [3.8, 4) is 6.07 Å². The number of hydrogen-bond donors (Lipinski definition) is 2. The first-order valence-corrected chi connectivity index (χ1v) is 10.8. The van der Waals surface area contributed by atoms with Crippen LogP contribution in [0, 0.1) is 16.7 Å². The van der Waals surface area contributed by atoms with Crippen LogP contribution in [0.2, 0.25) is 0 Å². The first-order valence-electron chi connectivity index (χ1n) is 10.8. The summed E-state index contributed by atoms with van der Waals surface area (Å²) in [6.45, 7) is 3.08. The molecule has 0 unspecified atom stereocenters. The molecule has 156 valence electrons. The van der Waals surface area contributed by atoms with Gasteiger partial charge in [-0.2, -0.15) is 5.26 Å². The molecule has 2 N–H and O–H groups in total. The van der Waals surface area contributed by atoms with Gasteiger partial charge >= 0.3 is 0 Å². The molecule has 3 aliphatic carbocycles. The van der Waals surface area contributed by atoms with Crippen LogP contribution in [-0.2, 0) is 9.59 Å². The maximum absolute atomic E-state index is 13.6. The van der Waals surface area contributed by atoms with Crippen LogP contribution in [0.1, 0.15) is 71.1 Å². The molecule has 4 fully saturated rings. The molecule has 0 spiro atoms. The van der Waals surface area contributed by atoms with E-state index in [9.17, 15) is 14.0 Å². The Morgan fingerprint density at radius 1 is 1.18 bits per heavy atom. The summed E-state index contributed by atoms with van der Waals surface area (Å²) in [7, 11) is 0. The lowest BCUT2D eigenvalue weighted by molar-refractivity contribution is -0.139. The van der Waals surface area contributed by atoms with Gasteiger partial charge in [0.15, 0.2) is 0 Å². The van der Waals surface area contributed by atoms with Gasteiger partial charge in [0.2, 0.25) is 11.8 Å². The topological polar surface area (TPSA) is 85.2 Å². The Hall–Kier alpha value is -1.68. The van der Waals surface area contributed by atoms with Crippen LogP contribution in [-0.4, -0.2) is 54.1 Å². The molecule has 1 heterocycles. The predicted molar refractivity (Wildman–Crippen MR) is 104 cm³/mol. The molecule has 6 nitrogen and oxygen atoms in total. The molecule has 0 radical (unpaired) electrons. The number of carbonyl (C=O) groups excluding carboxylic acids is 2. The number of rotatable bonds is 8. The van der Waals surface area contributed by atoms with Gasteiger partial charge in [0.25, 0.3) is 0 Å². The third kappa shape index (κ3) is 4.32. The average Bonchev–Trinajstić information content (AvgIpc) is 3.11. The molecule has 0 aromatic heterocycles. The normalized spacial score (nSPS) is 34.2. The van der Waals surface area contributed by atoms with E-state index in [0.717, 1.165) is 64.3 Å². The number of nitriles is 1. The Labute approximate surface area is 167 Å². The molecular weight excluding hydrogens is 359 g/mol. The third-order valence-corrected chi connectivity index (χ3v) is 7.13. The maximum atomic E-state index is 13.6. The van der Waals surface area contributed by atoms with Crippen LogP contribution in [0.3, 0.4) is 0 Å². The van der Waals surface area contributed by atoms with Crippen molar-refractivity contribution in [3.05, 3.63) is 0 Å². The Bertz CT molecular complexity index is 608. The number of likely N-dealkylation sites (tertiary alicyclic amines) is 1. The summed E-state index contributed by atoms with van der Waals surface area (Å²) < 4.78 is 13.6. The summed E-state index contributed by atoms with van der Waals surface area (Å²) in [4.78, 5) is 26.6. The van der Waals surface area contributed by atoms with Gasteiger partial charge in [0.1, 0.15) is 12.2 Å². The number of unbranched alkanes of at least 4 members (excludes halogenated alkanes) is 2. The van der Waals surface area contributed by atoms with Crippen molar-refractivity contribution >= 4 is 11.8 Å². The Balaban J connectivity index is 1.48. The van der Waals surface area contributed by atoms with Gasteiger partial charge in [-0.25, -0.2) is 4.39 Å². The van der Waals surface area contributed by atoms with Crippen molar-refractivity contribution in [2.24, 2.45) is 5.41 Å². The van der Waals surface area contributed by atoms with Crippen molar-refractivity contribution in [3.63, 3.8) is 0 Å². The highest BCUT2D eigenvalue weighted by atomic mass is 19.1. The Morgan fingerprint density at radius 2 is 1.86 bits per heavy atom. The SMILES string of the molecule is CCCCCNC(=O)C12CCC(NCC(=O)N3C[C@@H](F)C[C@H]3C#N)(CC1)CC2. The van der Waals surface area contributed by atoms with E-state index in [4.69, 9.17) is 5.26 Å². The van der Waals surface area contributed by atoms with Gasteiger partial charge in [-0.05, 0) is 44.9 Å². The van der Waals surface area contributed by atoms with Crippen LogP contribution in [0.15, 0.2) is 0 Å². The van der Waals surface area contributed by atoms with Crippen molar-refractivity contribution in [1.82, 2.24) is 15.5 Å². The fraction of sp³-hybridized carbons (Fsp3) is 0.857. The second-order valence-corrected chi connectivity index (χ2v) is 8.90. The summed E-state index contributed by atoms with van der Waals surface area (Å²) >= 11 is 0. The highest BCUT2D eigenvalue weighted by Crippen LogP contribution is 2.52. The number of amides is 2. The summed E-state index contributed by atoms with van der Waals surface area (Å²) in [5.74, 6) is 0.00745. The van der Waals surface area contributed by atoms with E-state index in [1.807, 2.05) is 6.07 Å². The number of alkyl halides is 1. The molecule has 7 heteroatoms. The molecule has 0 aromatic rings. The first kappa shape index (κ1) is 21.0. The van der Waals surface area contributed by atoms with E-state index >= 15 is 0 Å². The third-order valence-electron chi connectivity index (χ3n) is 7.13. The van der Waals surface area contributed by atoms with Gasteiger partial charge in [-0.1, -0.05) is 19.8 Å². The maximum Gasteiger partial charge on any atom is 0.237 e. The largest absolute Gasteiger partial charge is 0.356 e. The summed E-state index contributed by atoms with van der Waals surface area (Å²) in [5.41, 5.74) is -0.334. The highest BCUT2D eigenvalue weighted by Gasteiger charge is 2.52. The van der Waals surface area contributed by atoms with E-state index in [2.05, 4.69) is 17.6 Å². The minimum atomic E-state index is -1.10. The minimum Gasteiger partial charge on any atom is -0.356 e. The predicted octanol–water partition coefficient (Wildman–Crippen LogP) is 2.44. The van der Waals surface area contributed by atoms with Crippen molar-refractivity contribution < 1.29 is 14.0 Å². The van der Waals surface area contributed by atoms with E-state index in [1.54, 1.807) is 0 Å². The summed E-state index contributed by atoms with van der Waals surface area (Å²) in [6, 6.07) is 1.38. The van der Waals surface area contributed by atoms with Crippen molar-refractivity contribution in [1.29, 1.82) is 5.26 Å². The monoisotopic (exact) mass is 392 g/mol. The van der Waals surface area contributed by atoms with Crippen LogP contribution >= 0.6 is 0 Å². The molecule has 2 amide bonds. The lowest BCUT2D eigenvalue weighted by atomic mass is 9.57. The van der Waals surface area contributed by atoms with Crippen LogP contribution in [0.4, 0.5) is 4.39 Å². The zero-order valence-electron chi connectivity index (χ0n) is 16.9. The van der Waals surface area contributed by atoms with E-state index in [1.165, 1.54) is 4.90 Å². The fourth-order valence-electron chi connectivity index (χ4n) is 5.10. The van der Waals surface area contributed by atoms with Gasteiger partial charge in [0, 0.05) is 23.9 Å². The van der Waals surface area contributed by atoms with Gasteiger partial charge in [0.05, 0.1) is 19.2 Å². The molecule has 1 aliphatic heterocycles. The number of fused-ring (bicyclic) bond motifs is 3. The smallest absolute Gasteiger partial charge is 0.237 e. The number of nitrogens with zero attached hydrogens (tertiary/aromatic N) is 2. The van der Waals surface area contributed by atoms with Crippen LogP contribution in [0.5, 0.6) is 0 Å². The van der Waals surface area contributed by atoms with E-state index in [0.29, 0.717) is 0 Å².